The number of carboxylic acids is 1. The highest BCUT2D eigenvalue weighted by molar-refractivity contribution is 5.93. The molecule has 1 aromatic heterocycles. The van der Waals surface area contributed by atoms with Gasteiger partial charge in [-0.1, -0.05) is 13.0 Å². The molecular formula is C19H24F3N3O4. The predicted octanol–water partition coefficient (Wildman–Crippen LogP) is 2.72. The summed E-state index contributed by atoms with van der Waals surface area (Å²) < 4.78 is 31.7. The quantitative estimate of drug-likeness (QED) is 0.802. The molecule has 0 unspecified atom stereocenters. The van der Waals surface area contributed by atoms with E-state index in [-0.39, 0.29) is 23.4 Å². The van der Waals surface area contributed by atoms with Gasteiger partial charge < -0.3 is 14.9 Å². The maximum Gasteiger partial charge on any atom is 0.490 e. The lowest BCUT2D eigenvalue weighted by Gasteiger charge is -2.51. The van der Waals surface area contributed by atoms with E-state index >= 15 is 0 Å². The second-order valence-electron chi connectivity index (χ2n) is 7.10. The van der Waals surface area contributed by atoms with Crippen molar-refractivity contribution in [2.75, 3.05) is 13.6 Å². The molecule has 0 aromatic carbocycles. The minimum Gasteiger partial charge on any atom is -0.475 e. The van der Waals surface area contributed by atoms with Gasteiger partial charge in [-0.2, -0.15) is 13.2 Å². The Labute approximate surface area is 166 Å². The highest BCUT2D eigenvalue weighted by atomic mass is 19.4. The smallest absolute Gasteiger partial charge is 0.475 e. The molecule has 0 radical (unpaired) electrons. The van der Waals surface area contributed by atoms with Gasteiger partial charge in [0.05, 0.1) is 11.6 Å². The van der Waals surface area contributed by atoms with Gasteiger partial charge in [0.1, 0.15) is 5.69 Å². The SMILES string of the molecule is CC[C@@H]1N(C(=O)c2ccccn2)CCC[C@]12CCC(=O)N2C.O=C(O)C(F)(F)F. The second kappa shape index (κ2) is 8.79. The summed E-state index contributed by atoms with van der Waals surface area (Å²) in [6.45, 7) is 2.85. The Morgan fingerprint density at radius 3 is 2.41 bits per heavy atom. The maximum atomic E-state index is 12.9. The molecule has 0 aliphatic carbocycles. The summed E-state index contributed by atoms with van der Waals surface area (Å²) >= 11 is 0. The van der Waals surface area contributed by atoms with E-state index in [4.69, 9.17) is 9.90 Å². The molecule has 3 rings (SSSR count). The van der Waals surface area contributed by atoms with Crippen LogP contribution in [0.25, 0.3) is 0 Å². The number of hydrogen-bond acceptors (Lipinski definition) is 4. The highest BCUT2D eigenvalue weighted by Gasteiger charge is 2.52. The number of likely N-dealkylation sites (N-methyl/N-ethyl adjacent to an activating group) is 1. The zero-order chi connectivity index (χ0) is 21.8. The zero-order valence-corrected chi connectivity index (χ0v) is 16.3. The Hall–Kier alpha value is -2.65. The fraction of sp³-hybridized carbons (Fsp3) is 0.579. The summed E-state index contributed by atoms with van der Waals surface area (Å²) in [7, 11) is 1.90. The maximum absolute atomic E-state index is 12.9. The number of aromatic nitrogens is 1. The van der Waals surface area contributed by atoms with Gasteiger partial charge in [0.15, 0.2) is 0 Å². The molecule has 160 valence electrons. The van der Waals surface area contributed by atoms with E-state index in [1.54, 1.807) is 12.3 Å². The van der Waals surface area contributed by atoms with Gasteiger partial charge in [0, 0.05) is 26.2 Å². The van der Waals surface area contributed by atoms with Crippen LogP contribution in [0.2, 0.25) is 0 Å². The third-order valence-corrected chi connectivity index (χ3v) is 5.59. The van der Waals surface area contributed by atoms with Crippen molar-refractivity contribution in [1.29, 1.82) is 0 Å². The van der Waals surface area contributed by atoms with Crippen LogP contribution >= 0.6 is 0 Å². The standard InChI is InChI=1S/C17H23N3O2.C2HF3O2/c1-3-14-17(10-8-15(21)19(17)2)9-6-12-20(14)16(22)13-7-4-5-11-18-13;3-2(4,5)1(6)7/h4-5,7,11,14H,3,6,8-10,12H2,1-2H3;(H,6,7)/t14-,17-;/m0./s1. The number of alkyl halides is 3. The van der Waals surface area contributed by atoms with Gasteiger partial charge in [0.25, 0.3) is 5.91 Å². The third-order valence-electron chi connectivity index (χ3n) is 5.59. The van der Waals surface area contributed by atoms with Crippen molar-refractivity contribution in [1.82, 2.24) is 14.8 Å². The number of rotatable bonds is 2. The van der Waals surface area contributed by atoms with Gasteiger partial charge >= 0.3 is 12.1 Å². The molecule has 2 aliphatic rings. The predicted molar refractivity (Wildman–Crippen MR) is 97.0 cm³/mol. The van der Waals surface area contributed by atoms with Crippen molar-refractivity contribution in [3.05, 3.63) is 30.1 Å². The molecule has 29 heavy (non-hydrogen) atoms. The van der Waals surface area contributed by atoms with Gasteiger partial charge in [-0.25, -0.2) is 4.79 Å². The molecule has 2 atom stereocenters. The van der Waals surface area contributed by atoms with E-state index in [0.29, 0.717) is 12.1 Å². The minimum absolute atomic E-state index is 0.0146. The number of carboxylic acid groups (broad SMARTS) is 1. The average molecular weight is 415 g/mol. The Balaban J connectivity index is 0.000000370. The van der Waals surface area contributed by atoms with Crippen LogP contribution in [0.15, 0.2) is 24.4 Å². The molecule has 2 aliphatic heterocycles. The first-order valence-corrected chi connectivity index (χ1v) is 9.33. The summed E-state index contributed by atoms with van der Waals surface area (Å²) in [5.41, 5.74) is 0.305. The highest BCUT2D eigenvalue weighted by Crippen LogP contribution is 2.42. The van der Waals surface area contributed by atoms with Crippen LogP contribution in [-0.4, -0.2) is 69.0 Å². The Morgan fingerprint density at radius 2 is 1.97 bits per heavy atom. The van der Waals surface area contributed by atoms with Crippen LogP contribution in [0.3, 0.4) is 0 Å². The normalized spacial score (nSPS) is 24.3. The first kappa shape index (κ1) is 22.6. The molecule has 1 spiro atoms. The minimum atomic E-state index is -5.08. The van der Waals surface area contributed by atoms with E-state index in [1.807, 2.05) is 29.0 Å². The number of carbonyl (C=O) groups is 3. The van der Waals surface area contributed by atoms with Crippen molar-refractivity contribution in [2.45, 2.75) is 56.8 Å². The number of hydrogen-bond donors (Lipinski definition) is 1. The van der Waals surface area contributed by atoms with Crippen LogP contribution in [-0.2, 0) is 9.59 Å². The largest absolute Gasteiger partial charge is 0.490 e. The number of carbonyl (C=O) groups excluding carboxylic acids is 2. The number of nitrogens with zero attached hydrogens (tertiary/aromatic N) is 3. The fourth-order valence-electron chi connectivity index (χ4n) is 4.24. The number of halogens is 3. The molecule has 3 heterocycles. The van der Waals surface area contributed by atoms with Crippen LogP contribution in [0, 0.1) is 0 Å². The Bertz CT molecular complexity index is 757. The van der Waals surface area contributed by atoms with Crippen LogP contribution in [0.4, 0.5) is 13.2 Å². The van der Waals surface area contributed by atoms with E-state index in [2.05, 4.69) is 11.9 Å². The second-order valence-corrected chi connectivity index (χ2v) is 7.10. The summed E-state index contributed by atoms with van der Waals surface area (Å²) in [6, 6.07) is 5.49. The molecule has 2 saturated heterocycles. The first-order chi connectivity index (χ1) is 13.5. The summed E-state index contributed by atoms with van der Waals surface area (Å²) in [4.78, 5) is 41.9. The molecule has 2 fully saturated rings. The Kier molecular flexibility index (Phi) is 6.86. The van der Waals surface area contributed by atoms with E-state index < -0.39 is 12.1 Å². The third kappa shape index (κ3) is 4.68. The lowest BCUT2D eigenvalue weighted by Crippen LogP contribution is -2.63. The molecule has 0 bridgehead atoms. The fourth-order valence-corrected chi connectivity index (χ4v) is 4.24. The lowest BCUT2D eigenvalue weighted by molar-refractivity contribution is -0.192. The monoisotopic (exact) mass is 415 g/mol. The topological polar surface area (TPSA) is 90.8 Å². The molecule has 10 heteroatoms. The number of amides is 2. The molecule has 1 aromatic rings. The van der Waals surface area contributed by atoms with Crippen LogP contribution in [0.5, 0.6) is 0 Å². The first-order valence-electron chi connectivity index (χ1n) is 9.33. The van der Waals surface area contributed by atoms with Gasteiger partial charge in [-0.15, -0.1) is 0 Å². The number of piperidine rings is 1. The molecule has 0 saturated carbocycles. The van der Waals surface area contributed by atoms with Gasteiger partial charge in [0.2, 0.25) is 5.91 Å². The van der Waals surface area contributed by atoms with Crippen molar-refractivity contribution >= 4 is 17.8 Å². The summed E-state index contributed by atoms with van der Waals surface area (Å²) in [6.07, 6.45) is 0.799. The number of likely N-dealkylation sites (tertiary alicyclic amines) is 2. The van der Waals surface area contributed by atoms with Crippen molar-refractivity contribution in [3.63, 3.8) is 0 Å². The van der Waals surface area contributed by atoms with Crippen LogP contribution in [0.1, 0.15) is 49.5 Å². The van der Waals surface area contributed by atoms with Gasteiger partial charge in [-0.05, 0) is 37.8 Å². The number of aliphatic carboxylic acids is 1. The van der Waals surface area contributed by atoms with E-state index in [0.717, 1.165) is 32.2 Å². The van der Waals surface area contributed by atoms with Crippen LogP contribution < -0.4 is 0 Å². The molecule has 1 N–H and O–H groups in total. The van der Waals surface area contributed by atoms with Crippen molar-refractivity contribution in [3.8, 4) is 0 Å². The molecule has 2 amide bonds. The summed E-state index contributed by atoms with van der Waals surface area (Å²) in [5, 5.41) is 7.12. The lowest BCUT2D eigenvalue weighted by atomic mass is 9.77. The summed E-state index contributed by atoms with van der Waals surface area (Å²) in [5.74, 6) is -2.57. The van der Waals surface area contributed by atoms with E-state index in [1.165, 1.54) is 0 Å². The number of pyridine rings is 1. The van der Waals surface area contributed by atoms with Crippen molar-refractivity contribution in [2.24, 2.45) is 0 Å². The molecule has 7 nitrogen and oxygen atoms in total. The van der Waals surface area contributed by atoms with Gasteiger partial charge in [-0.3, -0.25) is 14.6 Å². The average Bonchev–Trinajstić information content (AvgIpc) is 2.97. The van der Waals surface area contributed by atoms with Crippen molar-refractivity contribution < 1.29 is 32.7 Å². The molecular weight excluding hydrogens is 391 g/mol. The van der Waals surface area contributed by atoms with E-state index in [9.17, 15) is 22.8 Å². The zero-order valence-electron chi connectivity index (χ0n) is 16.3. The Morgan fingerprint density at radius 1 is 1.31 bits per heavy atom.